The zero-order valence-corrected chi connectivity index (χ0v) is 25.2. The lowest BCUT2D eigenvalue weighted by Crippen LogP contribution is -2.13. The van der Waals surface area contributed by atoms with Crippen LogP contribution in [0, 0.1) is 23.7 Å². The molecule has 0 aliphatic carbocycles. The molecule has 0 unspecified atom stereocenters. The Morgan fingerprint density at radius 3 is 1.47 bits per heavy atom. The summed E-state index contributed by atoms with van der Waals surface area (Å²) in [6.07, 6.45) is 7.03. The summed E-state index contributed by atoms with van der Waals surface area (Å²) in [7, 11) is 7.56. The van der Waals surface area contributed by atoms with Gasteiger partial charge in [0.05, 0.1) is 5.92 Å². The molecule has 0 amide bonds. The molecule has 0 aromatic rings. The molecule has 0 aromatic carbocycles. The molecule has 0 spiro atoms. The highest BCUT2D eigenvalue weighted by molar-refractivity contribution is 8.77. The van der Waals surface area contributed by atoms with Crippen molar-refractivity contribution < 1.29 is 14.3 Å². The SMILES string of the molecule is CC(C)CCCSSCCCC(=O)C(C)C.CC(C)CCCSSCCOC(=O)C(C)C. The van der Waals surface area contributed by atoms with E-state index in [1.807, 2.05) is 60.1 Å². The summed E-state index contributed by atoms with van der Waals surface area (Å²) in [6.45, 7) is 17.3. The van der Waals surface area contributed by atoms with Crippen molar-refractivity contribution >= 4 is 54.9 Å². The van der Waals surface area contributed by atoms with Crippen LogP contribution in [0.4, 0.5) is 0 Å². The fourth-order valence-electron chi connectivity index (χ4n) is 2.27. The normalized spacial score (nSPS) is 11.2. The molecule has 0 saturated heterocycles. The van der Waals surface area contributed by atoms with Gasteiger partial charge in [-0.25, -0.2) is 0 Å². The predicted octanol–water partition coefficient (Wildman–Crippen LogP) is 8.81. The van der Waals surface area contributed by atoms with Crippen molar-refractivity contribution in [3.8, 4) is 0 Å². The van der Waals surface area contributed by atoms with Gasteiger partial charge in [-0.3, -0.25) is 9.59 Å². The van der Waals surface area contributed by atoms with E-state index in [0.29, 0.717) is 12.4 Å². The monoisotopic (exact) mass is 526 g/mol. The number of carbonyl (C=O) groups is 2. The van der Waals surface area contributed by atoms with E-state index in [9.17, 15) is 9.59 Å². The molecule has 0 rings (SSSR count). The maximum absolute atomic E-state index is 11.3. The summed E-state index contributed by atoms with van der Waals surface area (Å²) in [5.41, 5.74) is 0. The van der Waals surface area contributed by atoms with E-state index in [-0.39, 0.29) is 17.8 Å². The average molecular weight is 527 g/mol. The van der Waals surface area contributed by atoms with Gasteiger partial charge in [-0.15, -0.1) is 0 Å². The van der Waals surface area contributed by atoms with Gasteiger partial charge in [-0.05, 0) is 31.1 Å². The molecule has 3 nitrogen and oxygen atoms in total. The number of esters is 1. The Labute approximate surface area is 215 Å². The third-order valence-electron chi connectivity index (χ3n) is 4.36. The van der Waals surface area contributed by atoms with Crippen LogP contribution in [0.1, 0.15) is 93.9 Å². The van der Waals surface area contributed by atoms with Crippen molar-refractivity contribution in [2.24, 2.45) is 23.7 Å². The maximum atomic E-state index is 11.3. The number of hydrogen-bond donors (Lipinski definition) is 0. The topological polar surface area (TPSA) is 43.4 Å². The number of Topliss-reactive ketones (excluding diaryl/α,β-unsaturated/α-hetero) is 1. The summed E-state index contributed by atoms with van der Waals surface area (Å²) in [6, 6.07) is 0. The fourth-order valence-corrected chi connectivity index (χ4v) is 6.41. The minimum atomic E-state index is -0.0922. The van der Waals surface area contributed by atoms with E-state index in [0.717, 1.165) is 36.2 Å². The van der Waals surface area contributed by atoms with Crippen LogP contribution in [0.5, 0.6) is 0 Å². The van der Waals surface area contributed by atoms with E-state index < -0.39 is 0 Å². The molecule has 7 heteroatoms. The van der Waals surface area contributed by atoms with Crippen molar-refractivity contribution in [3.05, 3.63) is 0 Å². The lowest BCUT2D eigenvalue weighted by molar-refractivity contribution is -0.146. The molecule has 0 radical (unpaired) electrons. The molecule has 192 valence electrons. The van der Waals surface area contributed by atoms with Gasteiger partial charge >= 0.3 is 5.97 Å². The third kappa shape index (κ3) is 28.6. The molecule has 0 aliphatic rings. The van der Waals surface area contributed by atoms with E-state index in [2.05, 4.69) is 27.7 Å². The lowest BCUT2D eigenvalue weighted by Gasteiger charge is -2.06. The molecular formula is C25H50O3S4. The quantitative estimate of drug-likeness (QED) is 0.0946. The second kappa shape index (κ2) is 24.7. The first-order chi connectivity index (χ1) is 15.1. The fraction of sp³-hybridized carbons (Fsp3) is 0.920. The van der Waals surface area contributed by atoms with E-state index in [4.69, 9.17) is 4.74 Å². The Morgan fingerprint density at radius 1 is 0.625 bits per heavy atom. The summed E-state index contributed by atoms with van der Waals surface area (Å²) in [4.78, 5) is 22.5. The van der Waals surface area contributed by atoms with Crippen LogP contribution in [0.2, 0.25) is 0 Å². The molecule has 32 heavy (non-hydrogen) atoms. The van der Waals surface area contributed by atoms with Crippen molar-refractivity contribution in [3.63, 3.8) is 0 Å². The van der Waals surface area contributed by atoms with Crippen LogP contribution in [-0.4, -0.2) is 41.4 Å². The first-order valence-corrected chi connectivity index (χ1v) is 17.2. The van der Waals surface area contributed by atoms with Crippen LogP contribution in [0.25, 0.3) is 0 Å². The lowest BCUT2D eigenvalue weighted by atomic mass is 10.1. The van der Waals surface area contributed by atoms with E-state index in [1.54, 1.807) is 10.8 Å². The smallest absolute Gasteiger partial charge is 0.308 e. The number of ketones is 1. The molecule has 0 aliphatic heterocycles. The first kappa shape index (κ1) is 34.7. The Morgan fingerprint density at radius 2 is 1.06 bits per heavy atom. The summed E-state index contributed by atoms with van der Waals surface area (Å²) >= 11 is 0. The molecule has 0 saturated carbocycles. The minimum absolute atomic E-state index is 0.0105. The number of carbonyl (C=O) groups excluding carboxylic acids is 2. The van der Waals surface area contributed by atoms with Crippen molar-refractivity contribution in [2.75, 3.05) is 29.6 Å². The highest BCUT2D eigenvalue weighted by atomic mass is 33.1. The molecule has 0 heterocycles. The minimum Gasteiger partial charge on any atom is -0.465 e. The Hall–Kier alpha value is 0.540. The highest BCUT2D eigenvalue weighted by Crippen LogP contribution is 2.25. The number of rotatable bonds is 19. The maximum Gasteiger partial charge on any atom is 0.308 e. The van der Waals surface area contributed by atoms with Crippen LogP contribution >= 0.6 is 43.2 Å². The summed E-state index contributed by atoms with van der Waals surface area (Å²) < 4.78 is 5.08. The molecule has 0 N–H and O–H groups in total. The van der Waals surface area contributed by atoms with Gasteiger partial charge in [0.15, 0.2) is 0 Å². The highest BCUT2D eigenvalue weighted by Gasteiger charge is 2.07. The van der Waals surface area contributed by atoms with Gasteiger partial charge in [-0.2, -0.15) is 0 Å². The van der Waals surface area contributed by atoms with Gasteiger partial charge in [0.2, 0.25) is 0 Å². The zero-order valence-electron chi connectivity index (χ0n) is 21.9. The van der Waals surface area contributed by atoms with Gasteiger partial charge in [0.1, 0.15) is 12.4 Å². The van der Waals surface area contributed by atoms with Crippen molar-refractivity contribution in [1.29, 1.82) is 0 Å². The Bertz CT molecular complexity index is 401. The van der Waals surface area contributed by atoms with Crippen molar-refractivity contribution in [2.45, 2.75) is 93.9 Å². The predicted molar refractivity (Wildman–Crippen MR) is 153 cm³/mol. The second-order valence-corrected chi connectivity index (χ2v) is 14.8. The van der Waals surface area contributed by atoms with Gasteiger partial charge < -0.3 is 4.74 Å². The van der Waals surface area contributed by atoms with Gasteiger partial charge in [0.25, 0.3) is 0 Å². The number of hydrogen-bond acceptors (Lipinski definition) is 7. The molecular weight excluding hydrogens is 477 g/mol. The molecule has 0 atom stereocenters. The second-order valence-electron chi connectivity index (χ2n) is 9.41. The standard InChI is InChI=1S/C13H26OS2.C12H24O2S2/c1-11(2)7-5-9-15-16-10-6-8-13(14)12(3)4;1-10(2)6-5-8-15-16-9-7-14-12(13)11(3)4/h11-12H,5-10H2,1-4H3;10-11H,5-9H2,1-4H3. The van der Waals surface area contributed by atoms with E-state index in [1.165, 1.54) is 37.2 Å². The summed E-state index contributed by atoms with van der Waals surface area (Å²) in [5, 5.41) is 0. The average Bonchev–Trinajstić information content (AvgIpc) is 2.71. The molecule has 0 fully saturated rings. The summed E-state index contributed by atoms with van der Waals surface area (Å²) in [5.74, 6) is 6.60. The number of ether oxygens (including phenoxy) is 1. The van der Waals surface area contributed by atoms with Gasteiger partial charge in [-0.1, -0.05) is 111 Å². The van der Waals surface area contributed by atoms with Gasteiger partial charge in [0, 0.05) is 35.4 Å². The molecule has 0 bridgehead atoms. The molecule has 0 aromatic heterocycles. The zero-order chi connectivity index (χ0) is 24.8. The van der Waals surface area contributed by atoms with Crippen molar-refractivity contribution in [1.82, 2.24) is 0 Å². The van der Waals surface area contributed by atoms with Crippen LogP contribution in [0.15, 0.2) is 0 Å². The first-order valence-electron chi connectivity index (χ1n) is 12.3. The van der Waals surface area contributed by atoms with Crippen LogP contribution in [0.3, 0.4) is 0 Å². The largest absolute Gasteiger partial charge is 0.465 e. The third-order valence-corrected chi connectivity index (χ3v) is 9.39. The Kier molecular flexibility index (Phi) is 26.7. The van der Waals surface area contributed by atoms with Crippen LogP contribution in [-0.2, 0) is 14.3 Å². The van der Waals surface area contributed by atoms with Crippen LogP contribution < -0.4 is 0 Å². The Balaban J connectivity index is 0. The van der Waals surface area contributed by atoms with E-state index >= 15 is 0 Å².